The van der Waals surface area contributed by atoms with Crippen molar-refractivity contribution in [2.24, 2.45) is 0 Å². The van der Waals surface area contributed by atoms with Crippen molar-refractivity contribution in [2.75, 3.05) is 13.1 Å². The number of piperazine rings is 1. The molecule has 2 aromatic rings. The maximum Gasteiger partial charge on any atom is 0.0759 e. The van der Waals surface area contributed by atoms with E-state index < -0.39 is 0 Å². The highest BCUT2D eigenvalue weighted by molar-refractivity contribution is 5.41. The Kier molecular flexibility index (Phi) is 4.77. The Morgan fingerprint density at radius 1 is 0.962 bits per heavy atom. The number of nitrogens with zero attached hydrogens (tertiary/aromatic N) is 2. The minimum atomic E-state index is 0.262. The van der Waals surface area contributed by atoms with Crippen molar-refractivity contribution in [1.82, 2.24) is 9.80 Å². The summed E-state index contributed by atoms with van der Waals surface area (Å²) in [6.45, 7) is 9.38. The molecule has 1 saturated heterocycles. The van der Waals surface area contributed by atoms with E-state index in [0.717, 1.165) is 31.6 Å². The summed E-state index contributed by atoms with van der Waals surface area (Å²) in [4.78, 5) is 4.97. The van der Waals surface area contributed by atoms with Gasteiger partial charge in [-0.05, 0) is 40.8 Å². The monoisotopic (exact) mass is 342 g/mol. The van der Waals surface area contributed by atoms with Gasteiger partial charge in [0.1, 0.15) is 0 Å². The van der Waals surface area contributed by atoms with Crippen LogP contribution in [0, 0.1) is 0 Å². The fourth-order valence-electron chi connectivity index (χ4n) is 3.89. The molecule has 1 fully saturated rings. The van der Waals surface area contributed by atoms with Crippen molar-refractivity contribution in [3.8, 4) is 0 Å². The molecule has 2 heterocycles. The fraction of sp³-hybridized carbons (Fsp3) is 0.250. The fourth-order valence-corrected chi connectivity index (χ4v) is 3.89. The molecule has 26 heavy (non-hydrogen) atoms. The van der Waals surface area contributed by atoms with Crippen LogP contribution in [-0.2, 0) is 13.0 Å². The van der Waals surface area contributed by atoms with Gasteiger partial charge in [0.25, 0.3) is 0 Å². The van der Waals surface area contributed by atoms with Crippen molar-refractivity contribution >= 4 is 0 Å². The molecule has 0 spiro atoms. The van der Waals surface area contributed by atoms with E-state index in [1.165, 1.54) is 22.4 Å². The molecule has 2 nitrogen and oxygen atoms in total. The smallest absolute Gasteiger partial charge is 0.0759 e. The SMILES string of the molecule is C=C1C=CN2CCN(Cc3ccc(CC)cc3)C(c3ccccc3)C2=C1. The van der Waals surface area contributed by atoms with Crippen LogP contribution in [0.15, 0.2) is 90.8 Å². The molecule has 0 N–H and O–H groups in total. The number of benzene rings is 2. The molecule has 1 atom stereocenters. The van der Waals surface area contributed by atoms with Crippen LogP contribution in [0.3, 0.4) is 0 Å². The molecule has 1 unspecified atom stereocenters. The lowest BCUT2D eigenvalue weighted by atomic mass is 9.95. The number of hydrogen-bond acceptors (Lipinski definition) is 2. The van der Waals surface area contributed by atoms with E-state index in [4.69, 9.17) is 0 Å². The van der Waals surface area contributed by atoms with Gasteiger partial charge in [-0.25, -0.2) is 0 Å². The van der Waals surface area contributed by atoms with Gasteiger partial charge in [-0.1, -0.05) is 68.1 Å². The third-order valence-corrected chi connectivity index (χ3v) is 5.34. The van der Waals surface area contributed by atoms with Crippen molar-refractivity contribution in [2.45, 2.75) is 25.9 Å². The second-order valence-corrected chi connectivity index (χ2v) is 7.11. The summed E-state index contributed by atoms with van der Waals surface area (Å²) in [5.74, 6) is 0. The first-order valence-corrected chi connectivity index (χ1v) is 9.47. The Morgan fingerprint density at radius 2 is 1.69 bits per heavy atom. The molecule has 0 aliphatic carbocycles. The molecule has 0 bridgehead atoms. The number of aryl methyl sites for hydroxylation is 1. The Morgan fingerprint density at radius 3 is 2.42 bits per heavy atom. The lowest BCUT2D eigenvalue weighted by Crippen LogP contribution is -2.45. The van der Waals surface area contributed by atoms with Crippen LogP contribution in [0.5, 0.6) is 0 Å². The molecule has 2 aliphatic heterocycles. The minimum Gasteiger partial charge on any atom is -0.348 e. The predicted molar refractivity (Wildman–Crippen MR) is 108 cm³/mol. The van der Waals surface area contributed by atoms with Crippen LogP contribution in [0.1, 0.15) is 29.7 Å². The second kappa shape index (κ2) is 7.35. The second-order valence-electron chi connectivity index (χ2n) is 7.11. The topological polar surface area (TPSA) is 6.48 Å². The van der Waals surface area contributed by atoms with E-state index in [1.807, 2.05) is 0 Å². The molecule has 2 heteroatoms. The Hall–Kier alpha value is -2.58. The van der Waals surface area contributed by atoms with Gasteiger partial charge in [0.05, 0.1) is 6.04 Å². The maximum absolute atomic E-state index is 4.15. The molecule has 2 aromatic carbocycles. The molecular weight excluding hydrogens is 316 g/mol. The lowest BCUT2D eigenvalue weighted by molar-refractivity contribution is 0.135. The van der Waals surface area contributed by atoms with E-state index in [-0.39, 0.29) is 6.04 Å². The molecule has 0 radical (unpaired) electrons. The quantitative estimate of drug-likeness (QED) is 0.765. The van der Waals surface area contributed by atoms with Crippen molar-refractivity contribution in [1.29, 1.82) is 0 Å². The highest BCUT2D eigenvalue weighted by atomic mass is 15.3. The normalized spacial score (nSPS) is 20.0. The summed E-state index contributed by atoms with van der Waals surface area (Å²) < 4.78 is 0. The van der Waals surface area contributed by atoms with Crippen molar-refractivity contribution in [3.63, 3.8) is 0 Å². The first-order valence-electron chi connectivity index (χ1n) is 9.47. The standard InChI is InChI=1S/C24H26N2/c1-3-20-9-11-21(12-10-20)18-26-16-15-25-14-13-19(2)17-23(25)24(26)22-7-5-4-6-8-22/h4-14,17,24H,2-3,15-16,18H2,1H3. The molecule has 132 valence electrons. The summed E-state index contributed by atoms with van der Waals surface area (Å²) >= 11 is 0. The summed E-state index contributed by atoms with van der Waals surface area (Å²) in [6, 6.07) is 20.2. The van der Waals surface area contributed by atoms with E-state index >= 15 is 0 Å². The van der Waals surface area contributed by atoms with Crippen LogP contribution < -0.4 is 0 Å². The summed E-state index contributed by atoms with van der Waals surface area (Å²) in [7, 11) is 0. The predicted octanol–water partition coefficient (Wildman–Crippen LogP) is 5.08. The zero-order chi connectivity index (χ0) is 17.9. The van der Waals surface area contributed by atoms with Gasteiger partial charge in [0, 0.05) is 31.5 Å². The van der Waals surface area contributed by atoms with Gasteiger partial charge in [0.2, 0.25) is 0 Å². The van der Waals surface area contributed by atoms with E-state index in [2.05, 4.69) is 96.3 Å². The van der Waals surface area contributed by atoms with Gasteiger partial charge >= 0.3 is 0 Å². The van der Waals surface area contributed by atoms with E-state index in [0.29, 0.717) is 0 Å². The van der Waals surface area contributed by atoms with Gasteiger partial charge in [-0.15, -0.1) is 0 Å². The van der Waals surface area contributed by atoms with E-state index in [9.17, 15) is 0 Å². The molecule has 4 rings (SSSR count). The molecule has 0 amide bonds. The zero-order valence-corrected chi connectivity index (χ0v) is 15.4. The van der Waals surface area contributed by atoms with Crippen LogP contribution in [0.25, 0.3) is 0 Å². The average Bonchev–Trinajstić information content (AvgIpc) is 2.69. The largest absolute Gasteiger partial charge is 0.348 e. The summed E-state index contributed by atoms with van der Waals surface area (Å²) in [5, 5.41) is 0. The minimum absolute atomic E-state index is 0.262. The molecule has 0 aromatic heterocycles. The molecular formula is C24H26N2. The van der Waals surface area contributed by atoms with Crippen LogP contribution >= 0.6 is 0 Å². The Labute approximate surface area is 156 Å². The first kappa shape index (κ1) is 16.9. The number of hydrogen-bond donors (Lipinski definition) is 0. The van der Waals surface area contributed by atoms with Crippen LogP contribution in [0.4, 0.5) is 0 Å². The summed E-state index contributed by atoms with van der Waals surface area (Å²) in [6.07, 6.45) is 7.61. The number of rotatable bonds is 4. The van der Waals surface area contributed by atoms with Crippen LogP contribution in [0.2, 0.25) is 0 Å². The van der Waals surface area contributed by atoms with Crippen LogP contribution in [-0.4, -0.2) is 22.9 Å². The summed E-state index contributed by atoms with van der Waals surface area (Å²) in [5.41, 5.74) is 6.53. The number of fused-ring (bicyclic) bond motifs is 1. The lowest BCUT2D eigenvalue weighted by Gasteiger charge is -2.44. The van der Waals surface area contributed by atoms with Crippen molar-refractivity contribution in [3.05, 3.63) is 107 Å². The van der Waals surface area contributed by atoms with Gasteiger partial charge < -0.3 is 4.90 Å². The first-order chi connectivity index (χ1) is 12.7. The number of allylic oxidation sites excluding steroid dienone is 3. The van der Waals surface area contributed by atoms with E-state index in [1.54, 1.807) is 0 Å². The third kappa shape index (κ3) is 3.38. The van der Waals surface area contributed by atoms with Gasteiger partial charge in [-0.3, -0.25) is 4.90 Å². The Balaban J connectivity index is 1.66. The third-order valence-electron chi connectivity index (χ3n) is 5.34. The Bertz CT molecular complexity index is 830. The maximum atomic E-state index is 4.15. The van der Waals surface area contributed by atoms with Gasteiger partial charge in [0.15, 0.2) is 0 Å². The average molecular weight is 342 g/mol. The molecule has 2 aliphatic rings. The molecule has 0 saturated carbocycles. The highest BCUT2D eigenvalue weighted by Crippen LogP contribution is 2.37. The van der Waals surface area contributed by atoms with Gasteiger partial charge in [-0.2, -0.15) is 0 Å². The highest BCUT2D eigenvalue weighted by Gasteiger charge is 2.32. The zero-order valence-electron chi connectivity index (χ0n) is 15.4. The van der Waals surface area contributed by atoms with Crippen molar-refractivity contribution < 1.29 is 0 Å².